The number of rotatable bonds is 6. The molecule has 5 heteroatoms. The van der Waals surface area contributed by atoms with E-state index in [1.807, 2.05) is 18.2 Å². The molecule has 2 N–H and O–H groups in total. The zero-order valence-corrected chi connectivity index (χ0v) is 14.0. The molecular weight excluding hydrogens is 304 g/mol. The van der Waals surface area contributed by atoms with Crippen LogP contribution in [0.15, 0.2) is 59.8 Å². The number of thioether (sulfide) groups is 1. The SMILES string of the molecule is Cc1cccc(CSc2nnc(CCc3ccccc3)n2N)c1. The van der Waals surface area contributed by atoms with Gasteiger partial charge in [0.2, 0.25) is 5.16 Å². The molecule has 1 heterocycles. The fourth-order valence-corrected chi connectivity index (χ4v) is 3.25. The van der Waals surface area contributed by atoms with E-state index in [9.17, 15) is 0 Å². The summed E-state index contributed by atoms with van der Waals surface area (Å²) < 4.78 is 1.61. The fourth-order valence-electron chi connectivity index (χ4n) is 2.43. The second-order valence-corrected chi connectivity index (χ2v) is 6.47. The normalized spacial score (nSPS) is 10.8. The highest BCUT2D eigenvalue weighted by atomic mass is 32.2. The Kier molecular flexibility index (Phi) is 4.98. The van der Waals surface area contributed by atoms with Gasteiger partial charge in [-0.05, 0) is 24.5 Å². The van der Waals surface area contributed by atoms with Crippen molar-refractivity contribution in [3.05, 3.63) is 77.1 Å². The molecule has 1 aromatic heterocycles. The van der Waals surface area contributed by atoms with Crippen molar-refractivity contribution >= 4 is 11.8 Å². The minimum atomic E-state index is 0.759. The van der Waals surface area contributed by atoms with E-state index in [0.29, 0.717) is 0 Å². The third kappa shape index (κ3) is 4.13. The molecule has 0 radical (unpaired) electrons. The summed E-state index contributed by atoms with van der Waals surface area (Å²) in [7, 11) is 0. The smallest absolute Gasteiger partial charge is 0.210 e. The number of hydrogen-bond donors (Lipinski definition) is 1. The van der Waals surface area contributed by atoms with E-state index < -0.39 is 0 Å². The molecule has 0 amide bonds. The molecule has 2 aromatic carbocycles. The van der Waals surface area contributed by atoms with Crippen LogP contribution in [0.1, 0.15) is 22.5 Å². The van der Waals surface area contributed by atoms with Crippen molar-refractivity contribution in [2.45, 2.75) is 30.7 Å². The van der Waals surface area contributed by atoms with Crippen LogP contribution < -0.4 is 5.84 Å². The first-order valence-corrected chi connectivity index (χ1v) is 8.62. The Hall–Kier alpha value is -2.27. The summed E-state index contributed by atoms with van der Waals surface area (Å²) in [5.74, 6) is 7.80. The number of aryl methyl sites for hydroxylation is 3. The van der Waals surface area contributed by atoms with Crippen LogP contribution in [-0.2, 0) is 18.6 Å². The predicted molar refractivity (Wildman–Crippen MR) is 94.8 cm³/mol. The second-order valence-electron chi connectivity index (χ2n) is 5.53. The van der Waals surface area contributed by atoms with Gasteiger partial charge in [0.05, 0.1) is 0 Å². The molecular formula is C18H20N4S. The van der Waals surface area contributed by atoms with Gasteiger partial charge in [0.25, 0.3) is 0 Å². The van der Waals surface area contributed by atoms with Gasteiger partial charge in [-0.2, -0.15) is 0 Å². The van der Waals surface area contributed by atoms with Crippen LogP contribution in [0.25, 0.3) is 0 Å². The van der Waals surface area contributed by atoms with Crippen molar-refractivity contribution in [2.75, 3.05) is 5.84 Å². The molecule has 0 bridgehead atoms. The van der Waals surface area contributed by atoms with E-state index in [2.05, 4.69) is 53.5 Å². The Morgan fingerprint density at radius 2 is 1.74 bits per heavy atom. The maximum Gasteiger partial charge on any atom is 0.210 e. The number of aromatic nitrogens is 3. The first kappa shape index (κ1) is 15.6. The van der Waals surface area contributed by atoms with Crippen LogP contribution in [0.2, 0.25) is 0 Å². The monoisotopic (exact) mass is 324 g/mol. The lowest BCUT2D eigenvalue weighted by molar-refractivity contribution is 0.767. The standard InChI is InChI=1S/C18H20N4S/c1-14-6-5-9-16(12-14)13-23-18-21-20-17(22(18)19)11-10-15-7-3-2-4-8-15/h2-9,12H,10-11,13,19H2,1H3. The molecule has 0 aliphatic heterocycles. The van der Waals surface area contributed by atoms with Gasteiger partial charge >= 0.3 is 0 Å². The average Bonchev–Trinajstić information content (AvgIpc) is 2.92. The lowest BCUT2D eigenvalue weighted by Crippen LogP contribution is -2.14. The van der Waals surface area contributed by atoms with Gasteiger partial charge < -0.3 is 5.84 Å². The largest absolute Gasteiger partial charge is 0.336 e. The maximum absolute atomic E-state index is 6.13. The Morgan fingerprint density at radius 3 is 2.52 bits per heavy atom. The topological polar surface area (TPSA) is 56.7 Å². The van der Waals surface area contributed by atoms with Crippen molar-refractivity contribution in [1.82, 2.24) is 14.9 Å². The average molecular weight is 324 g/mol. The Bertz CT molecular complexity index is 768. The predicted octanol–water partition coefficient (Wildman–Crippen LogP) is 3.38. The molecule has 23 heavy (non-hydrogen) atoms. The molecule has 0 spiro atoms. The molecule has 0 saturated heterocycles. The zero-order chi connectivity index (χ0) is 16.1. The van der Waals surface area contributed by atoms with Gasteiger partial charge in [-0.3, -0.25) is 0 Å². The Labute approximate surface area is 140 Å². The molecule has 0 aliphatic carbocycles. The van der Waals surface area contributed by atoms with Gasteiger partial charge in [0.15, 0.2) is 5.82 Å². The van der Waals surface area contributed by atoms with Crippen molar-refractivity contribution in [3.63, 3.8) is 0 Å². The highest BCUT2D eigenvalue weighted by Crippen LogP contribution is 2.21. The zero-order valence-electron chi connectivity index (χ0n) is 13.1. The summed E-state index contributed by atoms with van der Waals surface area (Å²) in [4.78, 5) is 0. The van der Waals surface area contributed by atoms with Gasteiger partial charge in [0.1, 0.15) is 0 Å². The number of nitrogens with two attached hydrogens (primary N) is 1. The summed E-state index contributed by atoms with van der Waals surface area (Å²) in [5, 5.41) is 9.20. The van der Waals surface area contributed by atoms with Crippen molar-refractivity contribution in [2.24, 2.45) is 0 Å². The third-order valence-electron chi connectivity index (χ3n) is 3.67. The molecule has 118 valence electrons. The minimum Gasteiger partial charge on any atom is -0.336 e. The molecule has 0 saturated carbocycles. The van der Waals surface area contributed by atoms with Crippen LogP contribution in [0.3, 0.4) is 0 Å². The van der Waals surface area contributed by atoms with Crippen LogP contribution in [0.4, 0.5) is 0 Å². The minimum absolute atomic E-state index is 0.759. The number of benzene rings is 2. The summed E-state index contributed by atoms with van der Waals surface area (Å²) in [5.41, 5.74) is 3.81. The van der Waals surface area contributed by atoms with E-state index in [1.165, 1.54) is 16.7 Å². The Morgan fingerprint density at radius 1 is 0.957 bits per heavy atom. The molecule has 3 rings (SSSR count). The molecule has 3 aromatic rings. The fraction of sp³-hybridized carbons (Fsp3) is 0.222. The van der Waals surface area contributed by atoms with Crippen LogP contribution in [0.5, 0.6) is 0 Å². The maximum atomic E-state index is 6.13. The molecule has 0 atom stereocenters. The molecule has 0 unspecified atom stereocenters. The quantitative estimate of drug-likeness (QED) is 0.558. The summed E-state index contributed by atoms with van der Waals surface area (Å²) in [6.45, 7) is 2.10. The second kappa shape index (κ2) is 7.33. The van der Waals surface area contributed by atoms with Gasteiger partial charge in [0, 0.05) is 12.2 Å². The third-order valence-corrected chi connectivity index (χ3v) is 4.68. The molecule has 0 fully saturated rings. The van der Waals surface area contributed by atoms with E-state index in [-0.39, 0.29) is 0 Å². The van der Waals surface area contributed by atoms with E-state index in [4.69, 9.17) is 5.84 Å². The lowest BCUT2D eigenvalue weighted by atomic mass is 10.1. The van der Waals surface area contributed by atoms with Crippen LogP contribution >= 0.6 is 11.8 Å². The van der Waals surface area contributed by atoms with E-state index in [0.717, 1.165) is 29.6 Å². The highest BCUT2D eigenvalue weighted by molar-refractivity contribution is 7.98. The lowest BCUT2D eigenvalue weighted by Gasteiger charge is -2.04. The van der Waals surface area contributed by atoms with Crippen LogP contribution in [-0.4, -0.2) is 14.9 Å². The summed E-state index contributed by atoms with van der Waals surface area (Å²) >= 11 is 1.62. The molecule has 4 nitrogen and oxygen atoms in total. The highest BCUT2D eigenvalue weighted by Gasteiger charge is 2.10. The van der Waals surface area contributed by atoms with E-state index in [1.54, 1.807) is 16.4 Å². The van der Waals surface area contributed by atoms with Crippen molar-refractivity contribution in [1.29, 1.82) is 0 Å². The number of nitrogens with zero attached hydrogens (tertiary/aromatic N) is 3. The number of hydrogen-bond acceptors (Lipinski definition) is 4. The van der Waals surface area contributed by atoms with Gasteiger partial charge in [-0.15, -0.1) is 10.2 Å². The molecule has 0 aliphatic rings. The van der Waals surface area contributed by atoms with Crippen molar-refractivity contribution < 1.29 is 0 Å². The summed E-state index contributed by atoms with van der Waals surface area (Å²) in [6, 6.07) is 18.8. The van der Waals surface area contributed by atoms with Crippen LogP contribution in [0, 0.1) is 6.92 Å². The first-order chi connectivity index (χ1) is 11.2. The van der Waals surface area contributed by atoms with E-state index >= 15 is 0 Å². The van der Waals surface area contributed by atoms with Gasteiger partial charge in [-0.25, -0.2) is 4.68 Å². The van der Waals surface area contributed by atoms with Gasteiger partial charge in [-0.1, -0.05) is 71.9 Å². The van der Waals surface area contributed by atoms with Crippen molar-refractivity contribution in [3.8, 4) is 0 Å². The first-order valence-electron chi connectivity index (χ1n) is 7.64. The Balaban J connectivity index is 1.60. The number of nitrogen functional groups attached to an aromatic ring is 1. The summed E-state index contributed by atoms with van der Waals surface area (Å²) in [6.07, 6.45) is 1.71.